The van der Waals surface area contributed by atoms with Crippen LogP contribution >= 0.6 is 11.3 Å². The largest absolute Gasteiger partial charge is 0.313 e. The highest BCUT2D eigenvalue weighted by Crippen LogP contribution is 2.20. The molecule has 0 saturated heterocycles. The number of aromatic nitrogens is 1. The van der Waals surface area contributed by atoms with Crippen molar-refractivity contribution in [2.24, 2.45) is 0 Å². The Morgan fingerprint density at radius 3 is 2.67 bits per heavy atom. The Kier molecular flexibility index (Phi) is 5.86. The lowest BCUT2D eigenvalue weighted by molar-refractivity contribution is 0.583. The first-order valence-corrected chi connectivity index (χ1v) is 9.15. The van der Waals surface area contributed by atoms with Crippen molar-refractivity contribution >= 4 is 21.4 Å². The molecule has 0 aliphatic rings. The quantitative estimate of drug-likeness (QED) is 0.729. The van der Waals surface area contributed by atoms with Gasteiger partial charge in [-0.3, -0.25) is 4.98 Å². The Labute approximate surface area is 129 Å². The maximum absolute atomic E-state index is 12.2. The average molecular weight is 325 g/mol. The number of hydrogen-bond acceptors (Lipinski definition) is 5. The third kappa shape index (κ3) is 4.89. The summed E-state index contributed by atoms with van der Waals surface area (Å²) in [6.07, 6.45) is 4.35. The van der Waals surface area contributed by atoms with Crippen LogP contribution in [0.5, 0.6) is 0 Å². The van der Waals surface area contributed by atoms with E-state index in [0.717, 1.165) is 24.1 Å². The van der Waals surface area contributed by atoms with Gasteiger partial charge in [-0.25, -0.2) is 13.1 Å². The summed E-state index contributed by atoms with van der Waals surface area (Å²) in [5.41, 5.74) is 1.88. The molecule has 0 aliphatic heterocycles. The molecule has 0 fully saturated rings. The van der Waals surface area contributed by atoms with E-state index >= 15 is 0 Å². The standard InChI is InChI=1S/C14H19N3O2S2/c1-2-5-16-9-13-8-14(20-11-13)21(18,19)17-10-12-3-6-15-7-4-12/h3-4,6-8,11,16-17H,2,5,9-10H2,1H3. The van der Waals surface area contributed by atoms with Crippen LogP contribution in [-0.4, -0.2) is 19.9 Å². The maximum Gasteiger partial charge on any atom is 0.250 e. The van der Waals surface area contributed by atoms with Crippen molar-refractivity contribution in [2.75, 3.05) is 6.54 Å². The minimum atomic E-state index is -3.45. The summed E-state index contributed by atoms with van der Waals surface area (Å²) in [6, 6.07) is 5.30. The molecule has 2 heterocycles. The summed E-state index contributed by atoms with van der Waals surface area (Å²) in [7, 11) is -3.45. The smallest absolute Gasteiger partial charge is 0.250 e. The predicted molar refractivity (Wildman–Crippen MR) is 84.6 cm³/mol. The third-order valence-electron chi connectivity index (χ3n) is 2.87. The lowest BCUT2D eigenvalue weighted by Gasteiger charge is -2.04. The average Bonchev–Trinajstić information content (AvgIpc) is 2.96. The van der Waals surface area contributed by atoms with Gasteiger partial charge in [-0.05, 0) is 47.7 Å². The zero-order valence-corrected chi connectivity index (χ0v) is 13.5. The van der Waals surface area contributed by atoms with Gasteiger partial charge in [0.05, 0.1) is 0 Å². The van der Waals surface area contributed by atoms with Crippen molar-refractivity contribution in [3.8, 4) is 0 Å². The molecule has 0 unspecified atom stereocenters. The number of thiophene rings is 1. The van der Waals surface area contributed by atoms with Crippen molar-refractivity contribution in [2.45, 2.75) is 30.6 Å². The summed E-state index contributed by atoms with van der Waals surface area (Å²) in [6.45, 7) is 3.99. The lowest BCUT2D eigenvalue weighted by atomic mass is 10.3. The molecule has 0 aliphatic carbocycles. The topological polar surface area (TPSA) is 71.1 Å². The van der Waals surface area contributed by atoms with Gasteiger partial charge in [0, 0.05) is 25.5 Å². The molecule has 21 heavy (non-hydrogen) atoms. The van der Waals surface area contributed by atoms with Gasteiger partial charge in [0.1, 0.15) is 4.21 Å². The Balaban J connectivity index is 1.96. The van der Waals surface area contributed by atoms with Gasteiger partial charge in [0.2, 0.25) is 10.0 Å². The molecule has 2 rings (SSSR count). The van der Waals surface area contributed by atoms with Crippen LogP contribution in [0.1, 0.15) is 24.5 Å². The van der Waals surface area contributed by atoms with Gasteiger partial charge in [-0.15, -0.1) is 11.3 Å². The zero-order valence-electron chi connectivity index (χ0n) is 11.9. The van der Waals surface area contributed by atoms with E-state index in [0.29, 0.717) is 10.8 Å². The lowest BCUT2D eigenvalue weighted by Crippen LogP contribution is -2.22. The zero-order chi connectivity index (χ0) is 15.1. The van der Waals surface area contributed by atoms with Gasteiger partial charge >= 0.3 is 0 Å². The maximum atomic E-state index is 12.2. The first-order valence-electron chi connectivity index (χ1n) is 6.78. The third-order valence-corrected chi connectivity index (χ3v) is 5.76. The highest BCUT2D eigenvalue weighted by Gasteiger charge is 2.16. The molecule has 5 nitrogen and oxygen atoms in total. The monoisotopic (exact) mass is 325 g/mol. The normalized spacial score (nSPS) is 11.7. The van der Waals surface area contributed by atoms with Crippen LogP contribution in [0.15, 0.2) is 40.2 Å². The molecular weight excluding hydrogens is 306 g/mol. The van der Waals surface area contributed by atoms with E-state index in [9.17, 15) is 8.42 Å². The van der Waals surface area contributed by atoms with Crippen molar-refractivity contribution in [1.29, 1.82) is 0 Å². The number of nitrogens with zero attached hydrogens (tertiary/aromatic N) is 1. The first-order chi connectivity index (χ1) is 10.1. The van der Waals surface area contributed by atoms with Crippen molar-refractivity contribution in [1.82, 2.24) is 15.0 Å². The molecule has 2 aromatic rings. The molecule has 2 aromatic heterocycles. The SMILES string of the molecule is CCCNCc1csc(S(=O)(=O)NCc2ccncc2)c1. The summed E-state index contributed by atoms with van der Waals surface area (Å²) in [5.74, 6) is 0. The Bertz CT molecular complexity index is 654. The van der Waals surface area contributed by atoms with Gasteiger partial charge in [0.15, 0.2) is 0 Å². The number of hydrogen-bond donors (Lipinski definition) is 2. The fourth-order valence-electron chi connectivity index (χ4n) is 1.75. The second-order valence-corrected chi connectivity index (χ2v) is 7.54. The predicted octanol–water partition coefficient (Wildman–Crippen LogP) is 2.12. The number of pyridine rings is 1. The highest BCUT2D eigenvalue weighted by atomic mass is 32.2. The highest BCUT2D eigenvalue weighted by molar-refractivity contribution is 7.91. The van der Waals surface area contributed by atoms with Crippen LogP contribution in [0.4, 0.5) is 0 Å². The summed E-state index contributed by atoms with van der Waals surface area (Å²) >= 11 is 1.25. The molecule has 0 radical (unpaired) electrons. The second-order valence-electron chi connectivity index (χ2n) is 4.63. The van der Waals surface area contributed by atoms with Crippen molar-refractivity contribution in [3.05, 3.63) is 47.1 Å². The molecule has 114 valence electrons. The van der Waals surface area contributed by atoms with E-state index < -0.39 is 10.0 Å². The minimum absolute atomic E-state index is 0.270. The molecule has 0 saturated carbocycles. The van der Waals surface area contributed by atoms with Crippen molar-refractivity contribution in [3.63, 3.8) is 0 Å². The second kappa shape index (κ2) is 7.65. The first kappa shape index (κ1) is 16.1. The van der Waals surface area contributed by atoms with Crippen LogP contribution in [-0.2, 0) is 23.1 Å². The van der Waals surface area contributed by atoms with Crippen LogP contribution < -0.4 is 10.0 Å². The van der Waals surface area contributed by atoms with Crippen LogP contribution in [0.25, 0.3) is 0 Å². The van der Waals surface area contributed by atoms with E-state index in [1.165, 1.54) is 11.3 Å². The molecule has 2 N–H and O–H groups in total. The molecule has 0 amide bonds. The van der Waals surface area contributed by atoms with E-state index in [2.05, 4.69) is 21.9 Å². The fourth-order valence-corrected chi connectivity index (χ4v) is 4.02. The summed E-state index contributed by atoms with van der Waals surface area (Å²) in [5, 5.41) is 5.14. The summed E-state index contributed by atoms with van der Waals surface area (Å²) in [4.78, 5) is 3.90. The minimum Gasteiger partial charge on any atom is -0.313 e. The van der Waals surface area contributed by atoms with E-state index in [-0.39, 0.29) is 6.54 Å². The fraction of sp³-hybridized carbons (Fsp3) is 0.357. The van der Waals surface area contributed by atoms with Crippen LogP contribution in [0, 0.1) is 0 Å². The van der Waals surface area contributed by atoms with Crippen LogP contribution in [0.2, 0.25) is 0 Å². The van der Waals surface area contributed by atoms with E-state index in [1.54, 1.807) is 30.6 Å². The van der Waals surface area contributed by atoms with Gasteiger partial charge < -0.3 is 5.32 Å². The summed E-state index contributed by atoms with van der Waals surface area (Å²) < 4.78 is 27.4. The molecule has 0 aromatic carbocycles. The van der Waals surface area contributed by atoms with Crippen LogP contribution in [0.3, 0.4) is 0 Å². The Hall–Kier alpha value is -1.28. The van der Waals surface area contributed by atoms with Gasteiger partial charge in [0.25, 0.3) is 0 Å². The van der Waals surface area contributed by atoms with E-state index in [1.807, 2.05) is 5.38 Å². The Morgan fingerprint density at radius 2 is 1.95 bits per heavy atom. The molecule has 0 atom stereocenters. The molecule has 0 bridgehead atoms. The molecule has 0 spiro atoms. The molecule has 7 heteroatoms. The number of rotatable bonds is 8. The number of sulfonamides is 1. The molecular formula is C14H19N3O2S2. The van der Waals surface area contributed by atoms with Crippen molar-refractivity contribution < 1.29 is 8.42 Å². The van der Waals surface area contributed by atoms with E-state index in [4.69, 9.17) is 0 Å². The van der Waals surface area contributed by atoms with Gasteiger partial charge in [-0.2, -0.15) is 0 Å². The van der Waals surface area contributed by atoms with Gasteiger partial charge in [-0.1, -0.05) is 6.92 Å². The number of nitrogens with one attached hydrogen (secondary N) is 2. The Morgan fingerprint density at radius 1 is 1.19 bits per heavy atom.